The van der Waals surface area contributed by atoms with E-state index in [1.54, 1.807) is 36.4 Å². The molecule has 2 aromatic rings. The zero-order chi connectivity index (χ0) is 19.9. The van der Waals surface area contributed by atoms with E-state index >= 15 is 0 Å². The van der Waals surface area contributed by atoms with Crippen LogP contribution in [-0.2, 0) is 0 Å². The zero-order valence-corrected chi connectivity index (χ0v) is 16.2. The summed E-state index contributed by atoms with van der Waals surface area (Å²) < 4.78 is 5.73. The van der Waals surface area contributed by atoms with E-state index in [1.165, 1.54) is 0 Å². The number of rotatable bonds is 6. The SMILES string of the molecule is NC(=O)Nc1cccc(C(=O)N2CCN(CCOc3ccc(Cl)cc3)CC2)c1. The van der Waals surface area contributed by atoms with Crippen LogP contribution in [0.2, 0.25) is 5.02 Å². The van der Waals surface area contributed by atoms with Gasteiger partial charge in [-0.15, -0.1) is 0 Å². The van der Waals surface area contributed by atoms with E-state index in [2.05, 4.69) is 10.2 Å². The van der Waals surface area contributed by atoms with Crippen LogP contribution < -0.4 is 15.8 Å². The van der Waals surface area contributed by atoms with E-state index in [-0.39, 0.29) is 5.91 Å². The summed E-state index contributed by atoms with van der Waals surface area (Å²) in [4.78, 5) is 27.8. The van der Waals surface area contributed by atoms with Crippen LogP contribution in [0.5, 0.6) is 5.75 Å². The molecule has 0 atom stereocenters. The van der Waals surface area contributed by atoms with E-state index in [0.717, 1.165) is 25.4 Å². The molecule has 0 radical (unpaired) electrons. The third kappa shape index (κ3) is 5.61. The van der Waals surface area contributed by atoms with Gasteiger partial charge >= 0.3 is 6.03 Å². The molecular formula is C20H23ClN4O3. The van der Waals surface area contributed by atoms with Crippen molar-refractivity contribution in [2.24, 2.45) is 5.73 Å². The Bertz CT molecular complexity index is 820. The molecule has 0 saturated carbocycles. The number of anilines is 1. The Labute approximate surface area is 169 Å². The summed E-state index contributed by atoms with van der Waals surface area (Å²) >= 11 is 5.86. The number of ether oxygens (including phenoxy) is 1. The Morgan fingerprint density at radius 1 is 1.07 bits per heavy atom. The average Bonchev–Trinajstić information content (AvgIpc) is 2.69. The first-order chi connectivity index (χ1) is 13.5. The predicted molar refractivity (Wildman–Crippen MR) is 109 cm³/mol. The third-order valence-electron chi connectivity index (χ3n) is 4.53. The van der Waals surface area contributed by atoms with E-state index < -0.39 is 6.03 Å². The number of carbonyl (C=O) groups is 2. The third-order valence-corrected chi connectivity index (χ3v) is 4.78. The maximum atomic E-state index is 12.7. The lowest BCUT2D eigenvalue weighted by Gasteiger charge is -2.34. The minimum absolute atomic E-state index is 0.0508. The van der Waals surface area contributed by atoms with Gasteiger partial charge in [-0.25, -0.2) is 4.79 Å². The van der Waals surface area contributed by atoms with Crippen molar-refractivity contribution in [2.45, 2.75) is 0 Å². The van der Waals surface area contributed by atoms with Gasteiger partial charge in [-0.2, -0.15) is 0 Å². The fraction of sp³-hybridized carbons (Fsp3) is 0.300. The van der Waals surface area contributed by atoms with Crippen molar-refractivity contribution in [3.63, 3.8) is 0 Å². The lowest BCUT2D eigenvalue weighted by Crippen LogP contribution is -2.49. The van der Waals surface area contributed by atoms with E-state index in [0.29, 0.717) is 36.0 Å². The van der Waals surface area contributed by atoms with Crippen molar-refractivity contribution < 1.29 is 14.3 Å². The first kappa shape index (κ1) is 20.0. The Balaban J connectivity index is 1.45. The number of carbonyl (C=O) groups excluding carboxylic acids is 2. The van der Waals surface area contributed by atoms with Crippen molar-refractivity contribution in [1.82, 2.24) is 9.80 Å². The quantitative estimate of drug-likeness (QED) is 0.777. The smallest absolute Gasteiger partial charge is 0.316 e. The Kier molecular flexibility index (Phi) is 6.73. The molecule has 1 heterocycles. The van der Waals surface area contributed by atoms with Gasteiger partial charge in [0.2, 0.25) is 0 Å². The lowest BCUT2D eigenvalue weighted by atomic mass is 10.1. The molecule has 0 spiro atoms. The second-order valence-electron chi connectivity index (χ2n) is 6.51. The highest BCUT2D eigenvalue weighted by atomic mass is 35.5. The lowest BCUT2D eigenvalue weighted by molar-refractivity contribution is 0.0620. The molecule has 2 aromatic carbocycles. The topological polar surface area (TPSA) is 87.9 Å². The van der Waals surface area contributed by atoms with Gasteiger partial charge in [-0.05, 0) is 42.5 Å². The van der Waals surface area contributed by atoms with Crippen molar-refractivity contribution in [1.29, 1.82) is 0 Å². The Morgan fingerprint density at radius 2 is 1.79 bits per heavy atom. The first-order valence-electron chi connectivity index (χ1n) is 9.08. The second-order valence-corrected chi connectivity index (χ2v) is 6.94. The summed E-state index contributed by atoms with van der Waals surface area (Å²) in [7, 11) is 0. The number of hydrogen-bond acceptors (Lipinski definition) is 4. The largest absolute Gasteiger partial charge is 0.492 e. The highest BCUT2D eigenvalue weighted by Gasteiger charge is 2.22. The average molecular weight is 403 g/mol. The number of nitrogens with one attached hydrogen (secondary N) is 1. The highest BCUT2D eigenvalue weighted by molar-refractivity contribution is 6.30. The van der Waals surface area contributed by atoms with E-state index in [4.69, 9.17) is 22.1 Å². The van der Waals surface area contributed by atoms with Crippen molar-refractivity contribution >= 4 is 29.2 Å². The van der Waals surface area contributed by atoms with Gasteiger partial charge < -0.3 is 20.7 Å². The van der Waals surface area contributed by atoms with Gasteiger partial charge in [0.15, 0.2) is 0 Å². The van der Waals surface area contributed by atoms with Crippen LogP contribution in [0.15, 0.2) is 48.5 Å². The maximum absolute atomic E-state index is 12.7. The van der Waals surface area contributed by atoms with Gasteiger partial charge in [0.1, 0.15) is 12.4 Å². The monoisotopic (exact) mass is 402 g/mol. The van der Waals surface area contributed by atoms with Crippen LogP contribution in [0, 0.1) is 0 Å². The first-order valence-corrected chi connectivity index (χ1v) is 9.45. The summed E-state index contributed by atoms with van der Waals surface area (Å²) in [5.74, 6) is 0.743. The molecule has 148 valence electrons. The van der Waals surface area contributed by atoms with Crippen LogP contribution in [-0.4, -0.2) is 61.1 Å². The molecule has 1 aliphatic rings. The fourth-order valence-electron chi connectivity index (χ4n) is 3.05. The highest BCUT2D eigenvalue weighted by Crippen LogP contribution is 2.16. The molecular weight excluding hydrogens is 380 g/mol. The molecule has 1 aliphatic heterocycles. The van der Waals surface area contributed by atoms with Gasteiger partial charge in [0, 0.05) is 49.0 Å². The number of nitrogens with two attached hydrogens (primary N) is 1. The number of piperazine rings is 1. The van der Waals surface area contributed by atoms with Crippen LogP contribution >= 0.6 is 11.6 Å². The van der Waals surface area contributed by atoms with Gasteiger partial charge in [0.05, 0.1) is 0 Å². The van der Waals surface area contributed by atoms with Crippen LogP contribution in [0.4, 0.5) is 10.5 Å². The number of primary amides is 1. The molecule has 8 heteroatoms. The standard InChI is InChI=1S/C20H23ClN4O3/c21-16-4-6-18(7-5-16)28-13-12-24-8-10-25(11-9-24)19(26)15-2-1-3-17(14-15)23-20(22)27/h1-7,14H,8-13H2,(H3,22,23,27). The summed E-state index contributed by atoms with van der Waals surface area (Å²) in [5.41, 5.74) is 6.17. The molecule has 3 amide bonds. The number of halogens is 1. The molecule has 0 aromatic heterocycles. The molecule has 0 unspecified atom stereocenters. The summed E-state index contributed by atoms with van der Waals surface area (Å²) in [5, 5.41) is 3.17. The van der Waals surface area contributed by atoms with Crippen LogP contribution in [0.1, 0.15) is 10.4 Å². The number of urea groups is 1. The zero-order valence-electron chi connectivity index (χ0n) is 15.4. The Hall–Kier alpha value is -2.77. The molecule has 0 aliphatic carbocycles. The molecule has 3 rings (SSSR count). The summed E-state index contributed by atoms with van der Waals surface area (Å²) in [6.45, 7) is 4.24. The number of nitrogens with zero attached hydrogens (tertiary/aromatic N) is 2. The van der Waals surface area contributed by atoms with Gasteiger partial charge in [-0.1, -0.05) is 17.7 Å². The van der Waals surface area contributed by atoms with Crippen molar-refractivity contribution in [3.05, 3.63) is 59.1 Å². The van der Waals surface area contributed by atoms with Crippen molar-refractivity contribution in [3.8, 4) is 5.75 Å². The normalized spacial score (nSPS) is 14.5. The summed E-state index contributed by atoms with van der Waals surface area (Å²) in [6.07, 6.45) is 0. The summed E-state index contributed by atoms with van der Waals surface area (Å²) in [6, 6.07) is 13.4. The molecule has 28 heavy (non-hydrogen) atoms. The molecule has 1 saturated heterocycles. The second kappa shape index (κ2) is 9.43. The minimum atomic E-state index is -0.654. The maximum Gasteiger partial charge on any atom is 0.316 e. The number of hydrogen-bond donors (Lipinski definition) is 2. The van der Waals surface area contributed by atoms with E-state index in [9.17, 15) is 9.59 Å². The number of benzene rings is 2. The van der Waals surface area contributed by atoms with Gasteiger partial charge in [0.25, 0.3) is 5.91 Å². The molecule has 3 N–H and O–H groups in total. The van der Waals surface area contributed by atoms with E-state index in [1.807, 2.05) is 17.0 Å². The number of amides is 3. The minimum Gasteiger partial charge on any atom is -0.492 e. The van der Waals surface area contributed by atoms with Crippen LogP contribution in [0.3, 0.4) is 0 Å². The predicted octanol–water partition coefficient (Wildman–Crippen LogP) is 2.67. The molecule has 7 nitrogen and oxygen atoms in total. The van der Waals surface area contributed by atoms with Gasteiger partial charge in [-0.3, -0.25) is 9.69 Å². The molecule has 1 fully saturated rings. The van der Waals surface area contributed by atoms with Crippen molar-refractivity contribution in [2.75, 3.05) is 44.6 Å². The Morgan fingerprint density at radius 3 is 2.46 bits per heavy atom. The van der Waals surface area contributed by atoms with Crippen LogP contribution in [0.25, 0.3) is 0 Å². The molecule has 0 bridgehead atoms. The fourth-order valence-corrected chi connectivity index (χ4v) is 3.18.